The molecule has 1 aromatic rings. The molecule has 118 valence electrons. The van der Waals surface area contributed by atoms with E-state index in [4.69, 9.17) is 5.14 Å². The molecule has 4 N–H and O–H groups in total. The van der Waals surface area contributed by atoms with Gasteiger partial charge in [0, 0.05) is 17.6 Å². The largest absolute Gasteiger partial charge is 0.396 e. The fourth-order valence-corrected chi connectivity index (χ4v) is 3.59. The first-order valence-corrected chi connectivity index (χ1v) is 9.08. The van der Waals surface area contributed by atoms with E-state index in [0.717, 1.165) is 25.1 Å². The maximum atomic E-state index is 11.0. The number of rotatable bonds is 6. The Balaban J connectivity index is 1.94. The van der Waals surface area contributed by atoms with Crippen LogP contribution >= 0.6 is 0 Å². The average molecular weight is 312 g/mol. The Kier molecular flexibility index (Phi) is 5.24. The highest BCUT2D eigenvalue weighted by Gasteiger charge is 2.30. The van der Waals surface area contributed by atoms with E-state index in [2.05, 4.69) is 5.32 Å². The van der Waals surface area contributed by atoms with Gasteiger partial charge in [-0.2, -0.15) is 0 Å². The lowest BCUT2D eigenvalue weighted by atomic mass is 9.74. The third-order valence-electron chi connectivity index (χ3n) is 4.24. The summed E-state index contributed by atoms with van der Waals surface area (Å²) in [5.74, 6) is -0.145. The van der Waals surface area contributed by atoms with Gasteiger partial charge in [0.25, 0.3) is 0 Å². The van der Waals surface area contributed by atoms with E-state index in [9.17, 15) is 13.5 Å². The Morgan fingerprint density at radius 3 is 2.29 bits per heavy atom. The Bertz CT molecular complexity index is 549. The molecule has 21 heavy (non-hydrogen) atoms. The van der Waals surface area contributed by atoms with Crippen molar-refractivity contribution in [2.75, 3.05) is 18.5 Å². The topological polar surface area (TPSA) is 92.4 Å². The van der Waals surface area contributed by atoms with Crippen LogP contribution in [-0.4, -0.2) is 26.7 Å². The first-order valence-electron chi connectivity index (χ1n) is 7.37. The molecule has 0 radical (unpaired) electrons. The summed E-state index contributed by atoms with van der Waals surface area (Å²) < 4.78 is 22.1. The lowest BCUT2D eigenvalue weighted by molar-refractivity contribution is 0.0944. The zero-order chi connectivity index (χ0) is 15.3. The van der Waals surface area contributed by atoms with Gasteiger partial charge in [0.2, 0.25) is 10.0 Å². The molecule has 1 aliphatic carbocycles. The molecule has 0 bridgehead atoms. The molecule has 0 amide bonds. The van der Waals surface area contributed by atoms with Gasteiger partial charge in [-0.25, -0.2) is 13.6 Å². The van der Waals surface area contributed by atoms with Gasteiger partial charge in [0.1, 0.15) is 0 Å². The highest BCUT2D eigenvalue weighted by atomic mass is 32.2. The quantitative estimate of drug-likeness (QED) is 0.747. The molecule has 1 aromatic carbocycles. The number of nitrogens with two attached hydrogens (primary N) is 1. The molecule has 1 aliphatic rings. The second-order valence-electron chi connectivity index (χ2n) is 6.08. The number of anilines is 1. The van der Waals surface area contributed by atoms with E-state index < -0.39 is 10.0 Å². The van der Waals surface area contributed by atoms with Gasteiger partial charge in [0.05, 0.1) is 12.4 Å². The molecule has 1 saturated carbocycles. The number of nitrogens with one attached hydrogen (secondary N) is 1. The SMILES string of the molecule is NS(=O)(=O)Cc1ccc(NCC2(CO)CCCCC2)cc1. The summed E-state index contributed by atoms with van der Waals surface area (Å²) in [6, 6.07) is 7.24. The van der Waals surface area contributed by atoms with Gasteiger partial charge in [-0.1, -0.05) is 31.4 Å². The van der Waals surface area contributed by atoms with Crippen molar-refractivity contribution in [2.45, 2.75) is 37.9 Å². The molecule has 0 heterocycles. The third kappa shape index (κ3) is 4.98. The van der Waals surface area contributed by atoms with Crippen molar-refractivity contribution in [3.05, 3.63) is 29.8 Å². The van der Waals surface area contributed by atoms with Gasteiger partial charge < -0.3 is 10.4 Å². The molecule has 6 heteroatoms. The first kappa shape index (κ1) is 16.3. The van der Waals surface area contributed by atoms with Crippen LogP contribution in [0.5, 0.6) is 0 Å². The third-order valence-corrected chi connectivity index (χ3v) is 4.97. The van der Waals surface area contributed by atoms with Crippen molar-refractivity contribution in [1.29, 1.82) is 0 Å². The number of primary sulfonamides is 1. The molecule has 0 spiro atoms. The average Bonchev–Trinajstić information content (AvgIpc) is 2.46. The van der Waals surface area contributed by atoms with Crippen LogP contribution in [0.4, 0.5) is 5.69 Å². The van der Waals surface area contributed by atoms with Gasteiger partial charge in [-0.15, -0.1) is 0 Å². The van der Waals surface area contributed by atoms with Crippen LogP contribution in [0.2, 0.25) is 0 Å². The van der Waals surface area contributed by atoms with Gasteiger partial charge in [-0.3, -0.25) is 0 Å². The second-order valence-corrected chi connectivity index (χ2v) is 7.69. The summed E-state index contributed by atoms with van der Waals surface area (Å²) in [7, 11) is -3.49. The molecule has 0 unspecified atom stereocenters. The van der Waals surface area contributed by atoms with Gasteiger partial charge >= 0.3 is 0 Å². The molecule has 5 nitrogen and oxygen atoms in total. The highest BCUT2D eigenvalue weighted by Crippen LogP contribution is 2.36. The number of aliphatic hydroxyl groups is 1. The van der Waals surface area contributed by atoms with Crippen molar-refractivity contribution in [1.82, 2.24) is 0 Å². The van der Waals surface area contributed by atoms with Crippen molar-refractivity contribution in [3.63, 3.8) is 0 Å². The fraction of sp³-hybridized carbons (Fsp3) is 0.600. The summed E-state index contributed by atoms with van der Waals surface area (Å²) in [6.07, 6.45) is 5.72. The van der Waals surface area contributed by atoms with E-state index in [1.807, 2.05) is 12.1 Å². The number of hydrogen-bond donors (Lipinski definition) is 3. The first-order chi connectivity index (χ1) is 9.92. The van der Waals surface area contributed by atoms with Crippen LogP contribution < -0.4 is 10.5 Å². The Morgan fingerprint density at radius 1 is 1.14 bits per heavy atom. The minimum Gasteiger partial charge on any atom is -0.396 e. The maximum Gasteiger partial charge on any atom is 0.213 e. The van der Waals surface area contributed by atoms with Crippen LogP contribution in [0.1, 0.15) is 37.7 Å². The fourth-order valence-electron chi connectivity index (χ4n) is 2.93. The van der Waals surface area contributed by atoms with Crippen LogP contribution in [0.15, 0.2) is 24.3 Å². The van der Waals surface area contributed by atoms with E-state index in [0.29, 0.717) is 5.56 Å². The number of aliphatic hydroxyl groups excluding tert-OH is 1. The summed E-state index contributed by atoms with van der Waals surface area (Å²) in [6.45, 7) is 0.960. The predicted molar refractivity (Wildman–Crippen MR) is 84.3 cm³/mol. The maximum absolute atomic E-state index is 11.0. The van der Waals surface area contributed by atoms with Crippen LogP contribution in [0, 0.1) is 5.41 Å². The van der Waals surface area contributed by atoms with Crippen molar-refractivity contribution in [3.8, 4) is 0 Å². The van der Waals surface area contributed by atoms with Crippen LogP contribution in [0.3, 0.4) is 0 Å². The van der Waals surface area contributed by atoms with Crippen LogP contribution in [-0.2, 0) is 15.8 Å². The Morgan fingerprint density at radius 2 is 1.76 bits per heavy atom. The minimum absolute atomic E-state index is 0.0163. The molecule has 0 atom stereocenters. The van der Waals surface area contributed by atoms with Crippen molar-refractivity contribution in [2.24, 2.45) is 10.6 Å². The zero-order valence-corrected chi connectivity index (χ0v) is 13.0. The molecule has 0 aliphatic heterocycles. The van der Waals surface area contributed by atoms with E-state index in [1.54, 1.807) is 12.1 Å². The van der Waals surface area contributed by atoms with Gasteiger partial charge in [-0.05, 0) is 30.5 Å². The summed E-state index contributed by atoms with van der Waals surface area (Å²) in [5, 5.41) is 18.1. The summed E-state index contributed by atoms with van der Waals surface area (Å²) in [5.41, 5.74) is 1.60. The molecule has 2 rings (SSSR count). The number of hydrogen-bond acceptors (Lipinski definition) is 4. The van der Waals surface area contributed by atoms with E-state index >= 15 is 0 Å². The Hall–Kier alpha value is -1.11. The minimum atomic E-state index is -3.49. The van der Waals surface area contributed by atoms with E-state index in [-0.39, 0.29) is 17.8 Å². The predicted octanol–water partition coefficient (Wildman–Crippen LogP) is 1.83. The Labute approximate surface area is 126 Å². The summed E-state index contributed by atoms with van der Waals surface area (Å²) >= 11 is 0. The normalized spacial score (nSPS) is 18.4. The number of sulfonamides is 1. The monoisotopic (exact) mass is 312 g/mol. The summed E-state index contributed by atoms with van der Waals surface area (Å²) in [4.78, 5) is 0. The number of benzene rings is 1. The van der Waals surface area contributed by atoms with Gasteiger partial charge in [0.15, 0.2) is 0 Å². The standard InChI is InChI=1S/C15H24N2O3S/c16-21(19,20)10-13-4-6-14(7-5-13)17-11-15(12-18)8-2-1-3-9-15/h4-7,17-18H,1-3,8-12H2,(H2,16,19,20). The smallest absolute Gasteiger partial charge is 0.213 e. The van der Waals surface area contributed by atoms with Crippen molar-refractivity contribution < 1.29 is 13.5 Å². The molecular formula is C15H24N2O3S. The molecule has 0 aromatic heterocycles. The molecule has 0 saturated heterocycles. The highest BCUT2D eigenvalue weighted by molar-refractivity contribution is 7.88. The lowest BCUT2D eigenvalue weighted by Crippen LogP contribution is -2.35. The molecule has 1 fully saturated rings. The van der Waals surface area contributed by atoms with Crippen LogP contribution in [0.25, 0.3) is 0 Å². The van der Waals surface area contributed by atoms with Crippen molar-refractivity contribution >= 4 is 15.7 Å². The zero-order valence-electron chi connectivity index (χ0n) is 12.2. The second kappa shape index (κ2) is 6.77. The van der Waals surface area contributed by atoms with E-state index in [1.165, 1.54) is 19.3 Å². The lowest BCUT2D eigenvalue weighted by Gasteiger charge is -2.36. The molecular weight excluding hydrogens is 288 g/mol.